The summed E-state index contributed by atoms with van der Waals surface area (Å²) in [6.07, 6.45) is 0.533. The molecular formula is C18H22N2O2. The van der Waals surface area contributed by atoms with E-state index < -0.39 is 6.04 Å². The molecule has 0 spiro atoms. The maximum Gasteiger partial charge on any atom is 0.216 e. The monoisotopic (exact) mass is 298 g/mol. The lowest BCUT2D eigenvalue weighted by Crippen LogP contribution is -2.64. The molecule has 0 aliphatic heterocycles. The molecule has 1 aliphatic rings. The molecule has 1 aromatic carbocycles. The number of Topliss-reactive ketones (excluding diaryl/α,β-unsaturated/α-hetero) is 2. The number of ketones is 2. The van der Waals surface area contributed by atoms with Gasteiger partial charge >= 0.3 is 0 Å². The lowest BCUT2D eigenvalue weighted by molar-refractivity contribution is -0.150. The standard InChI is InChI=1S/C18H22N2O2/c1-11(18(2,3)4)20-15-14(16(21)17(15)22)9-12-5-7-13(10-19)8-6-12/h5-8,11,14-15,20H,9H2,1-4H3. The van der Waals surface area contributed by atoms with Crippen LogP contribution < -0.4 is 5.32 Å². The number of rotatable bonds is 4. The van der Waals surface area contributed by atoms with Crippen molar-refractivity contribution in [2.75, 3.05) is 0 Å². The smallest absolute Gasteiger partial charge is 0.216 e. The van der Waals surface area contributed by atoms with Gasteiger partial charge in [-0.1, -0.05) is 32.9 Å². The lowest BCUT2D eigenvalue weighted by atomic mass is 9.72. The second-order valence-corrected chi connectivity index (χ2v) is 7.08. The van der Waals surface area contributed by atoms with E-state index in [1.165, 1.54) is 0 Å². The molecule has 1 aliphatic carbocycles. The Labute approximate surface area is 131 Å². The molecule has 116 valence electrons. The van der Waals surface area contributed by atoms with Crippen molar-refractivity contribution in [2.45, 2.75) is 46.2 Å². The van der Waals surface area contributed by atoms with Crippen LogP contribution in [-0.4, -0.2) is 23.7 Å². The Kier molecular flexibility index (Phi) is 4.48. The van der Waals surface area contributed by atoms with E-state index in [0.29, 0.717) is 12.0 Å². The molecule has 0 saturated heterocycles. The predicted octanol–water partition coefficient (Wildman–Crippen LogP) is 2.26. The van der Waals surface area contributed by atoms with Gasteiger partial charge in [0.15, 0.2) is 0 Å². The van der Waals surface area contributed by atoms with Gasteiger partial charge in [0.25, 0.3) is 0 Å². The molecule has 2 rings (SSSR count). The summed E-state index contributed by atoms with van der Waals surface area (Å²) < 4.78 is 0. The van der Waals surface area contributed by atoms with Crippen LogP contribution in [-0.2, 0) is 16.0 Å². The first-order chi connectivity index (χ1) is 10.2. The molecule has 0 bridgehead atoms. The molecule has 22 heavy (non-hydrogen) atoms. The highest BCUT2D eigenvalue weighted by Gasteiger charge is 2.49. The topological polar surface area (TPSA) is 70.0 Å². The van der Waals surface area contributed by atoms with E-state index in [1.807, 2.05) is 19.1 Å². The van der Waals surface area contributed by atoms with Crippen LogP contribution in [0.2, 0.25) is 0 Å². The number of hydrogen-bond acceptors (Lipinski definition) is 4. The molecule has 1 aromatic rings. The summed E-state index contributed by atoms with van der Waals surface area (Å²) in [6.45, 7) is 8.34. The van der Waals surface area contributed by atoms with E-state index in [1.54, 1.807) is 12.1 Å². The van der Waals surface area contributed by atoms with E-state index in [0.717, 1.165) is 5.56 Å². The van der Waals surface area contributed by atoms with Gasteiger partial charge in [0.2, 0.25) is 11.6 Å². The predicted molar refractivity (Wildman–Crippen MR) is 84.2 cm³/mol. The molecule has 1 N–H and O–H groups in total. The zero-order valence-corrected chi connectivity index (χ0v) is 13.5. The van der Waals surface area contributed by atoms with E-state index in [2.05, 4.69) is 32.2 Å². The summed E-state index contributed by atoms with van der Waals surface area (Å²) in [5, 5.41) is 12.1. The third-order valence-electron chi connectivity index (χ3n) is 4.53. The molecule has 0 aromatic heterocycles. The van der Waals surface area contributed by atoms with E-state index >= 15 is 0 Å². The van der Waals surface area contributed by atoms with E-state index in [9.17, 15) is 9.59 Å². The van der Waals surface area contributed by atoms with Gasteiger partial charge in [0, 0.05) is 6.04 Å². The van der Waals surface area contributed by atoms with Crippen LogP contribution in [0.3, 0.4) is 0 Å². The van der Waals surface area contributed by atoms with Crippen LogP contribution in [0.1, 0.15) is 38.8 Å². The van der Waals surface area contributed by atoms with Gasteiger partial charge in [-0.05, 0) is 36.5 Å². The Morgan fingerprint density at radius 3 is 2.27 bits per heavy atom. The maximum atomic E-state index is 11.9. The number of benzene rings is 1. The van der Waals surface area contributed by atoms with Gasteiger partial charge in [0.05, 0.1) is 23.6 Å². The van der Waals surface area contributed by atoms with Crippen LogP contribution in [0.25, 0.3) is 0 Å². The molecule has 4 nitrogen and oxygen atoms in total. The van der Waals surface area contributed by atoms with E-state index in [-0.39, 0.29) is 28.9 Å². The second kappa shape index (κ2) is 6.02. The third kappa shape index (κ3) is 3.26. The Balaban J connectivity index is 2.06. The number of nitriles is 1. The minimum absolute atomic E-state index is 0.0257. The first-order valence-electron chi connectivity index (χ1n) is 7.57. The molecule has 3 unspecified atom stereocenters. The van der Waals surface area contributed by atoms with Crippen molar-refractivity contribution in [3.05, 3.63) is 35.4 Å². The van der Waals surface area contributed by atoms with Crippen molar-refractivity contribution < 1.29 is 9.59 Å². The first kappa shape index (κ1) is 16.4. The molecule has 4 heteroatoms. The summed E-state index contributed by atoms with van der Waals surface area (Å²) >= 11 is 0. The molecular weight excluding hydrogens is 276 g/mol. The Hall–Kier alpha value is -1.99. The zero-order valence-electron chi connectivity index (χ0n) is 13.5. The van der Waals surface area contributed by atoms with Crippen molar-refractivity contribution in [2.24, 2.45) is 11.3 Å². The number of nitrogens with zero attached hydrogens (tertiary/aromatic N) is 1. The normalized spacial score (nSPS) is 22.9. The number of carbonyl (C=O) groups is 2. The van der Waals surface area contributed by atoms with Gasteiger partial charge < -0.3 is 5.32 Å². The number of nitrogens with one attached hydrogen (secondary N) is 1. The maximum absolute atomic E-state index is 11.9. The molecule has 0 radical (unpaired) electrons. The van der Waals surface area contributed by atoms with Crippen molar-refractivity contribution in [3.63, 3.8) is 0 Å². The molecule has 1 saturated carbocycles. The summed E-state index contributed by atoms with van der Waals surface area (Å²) in [5.74, 6) is -0.900. The van der Waals surface area contributed by atoms with Crippen molar-refractivity contribution in [3.8, 4) is 6.07 Å². The summed E-state index contributed by atoms with van der Waals surface area (Å²) in [6, 6.07) is 8.98. The summed E-state index contributed by atoms with van der Waals surface area (Å²) in [5.41, 5.74) is 1.59. The fourth-order valence-corrected chi connectivity index (χ4v) is 2.46. The van der Waals surface area contributed by atoms with E-state index in [4.69, 9.17) is 5.26 Å². The van der Waals surface area contributed by atoms with Crippen LogP contribution in [0.4, 0.5) is 0 Å². The molecule has 1 fully saturated rings. The zero-order chi connectivity index (χ0) is 16.5. The molecule has 0 amide bonds. The lowest BCUT2D eigenvalue weighted by Gasteiger charge is -2.39. The molecule has 0 heterocycles. The first-order valence-corrected chi connectivity index (χ1v) is 7.57. The number of carbonyl (C=O) groups excluding carboxylic acids is 2. The highest BCUT2D eigenvalue weighted by molar-refractivity contribution is 6.47. The third-order valence-corrected chi connectivity index (χ3v) is 4.53. The summed E-state index contributed by atoms with van der Waals surface area (Å²) in [7, 11) is 0. The van der Waals surface area contributed by atoms with Crippen molar-refractivity contribution in [1.29, 1.82) is 5.26 Å². The SMILES string of the molecule is CC(NC1C(=O)C(=O)C1Cc1ccc(C#N)cc1)C(C)(C)C. The highest BCUT2D eigenvalue weighted by Crippen LogP contribution is 2.28. The van der Waals surface area contributed by atoms with Crippen molar-refractivity contribution in [1.82, 2.24) is 5.32 Å². The largest absolute Gasteiger partial charge is 0.303 e. The average molecular weight is 298 g/mol. The fourth-order valence-electron chi connectivity index (χ4n) is 2.46. The van der Waals surface area contributed by atoms with Gasteiger partial charge in [-0.25, -0.2) is 0 Å². The highest BCUT2D eigenvalue weighted by atomic mass is 16.2. The molecule has 3 atom stereocenters. The minimum atomic E-state index is -0.391. The van der Waals surface area contributed by atoms with Gasteiger partial charge in [0.1, 0.15) is 0 Å². The number of hydrogen-bond donors (Lipinski definition) is 1. The fraction of sp³-hybridized carbons (Fsp3) is 0.500. The van der Waals surface area contributed by atoms with Crippen LogP contribution in [0, 0.1) is 22.7 Å². The quantitative estimate of drug-likeness (QED) is 0.866. The Morgan fingerprint density at radius 2 is 1.77 bits per heavy atom. The summed E-state index contributed by atoms with van der Waals surface area (Å²) in [4.78, 5) is 23.8. The van der Waals surface area contributed by atoms with Crippen molar-refractivity contribution >= 4 is 11.6 Å². The average Bonchev–Trinajstić information content (AvgIpc) is 2.49. The van der Waals surface area contributed by atoms with Gasteiger partial charge in [-0.15, -0.1) is 0 Å². The Bertz CT molecular complexity index is 620. The Morgan fingerprint density at radius 1 is 1.18 bits per heavy atom. The van der Waals surface area contributed by atoms with Gasteiger partial charge in [-0.3, -0.25) is 9.59 Å². The minimum Gasteiger partial charge on any atom is -0.303 e. The van der Waals surface area contributed by atoms with Crippen LogP contribution in [0.15, 0.2) is 24.3 Å². The van der Waals surface area contributed by atoms with Gasteiger partial charge in [-0.2, -0.15) is 5.26 Å². The van der Waals surface area contributed by atoms with Crippen LogP contribution in [0.5, 0.6) is 0 Å². The van der Waals surface area contributed by atoms with Crippen LogP contribution >= 0.6 is 0 Å². The second-order valence-electron chi connectivity index (χ2n) is 7.08.